The molecule has 1 aliphatic heterocycles. The molecule has 166 valence electrons. The van der Waals surface area contributed by atoms with Gasteiger partial charge in [-0.3, -0.25) is 4.90 Å². The minimum Gasteiger partial charge on any atom is -0.508 e. The highest BCUT2D eigenvalue weighted by atomic mass is 16.3. The molecule has 2 aromatic carbocycles. The smallest absolute Gasteiger partial charge is 0.373 e. The van der Waals surface area contributed by atoms with Crippen molar-refractivity contribution in [3.63, 3.8) is 0 Å². The van der Waals surface area contributed by atoms with Crippen LogP contribution in [-0.4, -0.2) is 52.3 Å². The number of hydrogen-bond acceptors (Lipinski definition) is 7. The SMILES string of the molecule is O=C=O.Oc1ccc(CCCc2nccc(-c3cccc(CN4CCNCC4)c3)n2)cc1. The Bertz CT molecular complexity index is 1010. The lowest BCUT2D eigenvalue weighted by Crippen LogP contribution is -2.42. The number of aromatic nitrogens is 2. The van der Waals surface area contributed by atoms with Gasteiger partial charge in [0.1, 0.15) is 11.6 Å². The van der Waals surface area contributed by atoms with Gasteiger partial charge in [0.05, 0.1) is 5.69 Å². The van der Waals surface area contributed by atoms with E-state index in [1.807, 2.05) is 24.4 Å². The monoisotopic (exact) mass is 432 g/mol. The standard InChI is InChI=1S/C24H28N4O.CO2/c29-22-9-7-19(8-10-22)3-2-6-24-26-12-11-23(27-24)21-5-1-4-20(17-21)18-28-15-13-25-14-16-28;2-1-3/h1,4-5,7-12,17,25,29H,2-3,6,13-16,18H2;. The zero-order chi connectivity index (χ0) is 22.6. The molecule has 1 aromatic heterocycles. The van der Waals surface area contributed by atoms with Crippen molar-refractivity contribution in [3.8, 4) is 17.0 Å². The molecule has 0 bridgehead atoms. The van der Waals surface area contributed by atoms with Crippen molar-refractivity contribution in [2.45, 2.75) is 25.8 Å². The summed E-state index contributed by atoms with van der Waals surface area (Å²) in [5.41, 5.74) is 4.69. The summed E-state index contributed by atoms with van der Waals surface area (Å²) in [6, 6.07) is 18.1. The van der Waals surface area contributed by atoms with Crippen LogP contribution in [0.25, 0.3) is 11.3 Å². The third-order valence-electron chi connectivity index (χ3n) is 5.35. The van der Waals surface area contributed by atoms with Crippen molar-refractivity contribution in [3.05, 3.63) is 77.7 Å². The van der Waals surface area contributed by atoms with E-state index in [-0.39, 0.29) is 6.15 Å². The fraction of sp³-hybridized carbons (Fsp3) is 0.320. The first-order chi connectivity index (χ1) is 15.7. The molecule has 1 saturated heterocycles. The number of phenols is 1. The number of rotatable bonds is 7. The van der Waals surface area contributed by atoms with E-state index in [0.29, 0.717) is 5.75 Å². The van der Waals surface area contributed by atoms with Gasteiger partial charge in [0.15, 0.2) is 0 Å². The van der Waals surface area contributed by atoms with Gasteiger partial charge < -0.3 is 10.4 Å². The molecular formula is C25H28N4O3. The average molecular weight is 433 g/mol. The van der Waals surface area contributed by atoms with E-state index in [2.05, 4.69) is 39.5 Å². The maximum atomic E-state index is 9.38. The molecule has 3 aromatic rings. The molecule has 0 spiro atoms. The number of piperazine rings is 1. The molecule has 1 fully saturated rings. The summed E-state index contributed by atoms with van der Waals surface area (Å²) in [5, 5.41) is 12.8. The first-order valence-electron chi connectivity index (χ1n) is 10.8. The molecule has 2 N–H and O–H groups in total. The summed E-state index contributed by atoms with van der Waals surface area (Å²) in [6.07, 6.45) is 4.89. The van der Waals surface area contributed by atoms with E-state index in [1.165, 1.54) is 11.1 Å². The molecule has 7 heteroatoms. The summed E-state index contributed by atoms with van der Waals surface area (Å²) >= 11 is 0. The molecule has 1 aliphatic rings. The Hall–Kier alpha value is -3.38. The van der Waals surface area contributed by atoms with Gasteiger partial charge in [-0.25, -0.2) is 9.97 Å². The van der Waals surface area contributed by atoms with Gasteiger partial charge in [0.25, 0.3) is 0 Å². The Balaban J connectivity index is 0.000000913. The summed E-state index contributed by atoms with van der Waals surface area (Å²) in [5.74, 6) is 1.19. The maximum Gasteiger partial charge on any atom is 0.373 e. The number of aromatic hydroxyl groups is 1. The first-order valence-corrected chi connectivity index (χ1v) is 10.8. The number of phenolic OH excluding ortho intramolecular Hbond substituents is 1. The number of benzene rings is 2. The van der Waals surface area contributed by atoms with E-state index in [0.717, 1.165) is 69.1 Å². The first kappa shape index (κ1) is 23.3. The number of aryl methyl sites for hydroxylation is 2. The number of carbonyl (C=O) groups excluding carboxylic acids is 2. The van der Waals surface area contributed by atoms with Crippen LogP contribution in [0, 0.1) is 0 Å². The lowest BCUT2D eigenvalue weighted by atomic mass is 10.1. The highest BCUT2D eigenvalue weighted by Crippen LogP contribution is 2.20. The van der Waals surface area contributed by atoms with Crippen molar-refractivity contribution in [1.29, 1.82) is 0 Å². The van der Waals surface area contributed by atoms with Crippen molar-refractivity contribution < 1.29 is 14.7 Å². The molecule has 0 unspecified atom stereocenters. The van der Waals surface area contributed by atoms with Crippen molar-refractivity contribution in [2.24, 2.45) is 0 Å². The molecule has 32 heavy (non-hydrogen) atoms. The molecule has 2 heterocycles. The summed E-state index contributed by atoms with van der Waals surface area (Å²) in [4.78, 5) is 28.0. The normalized spacial score (nSPS) is 13.6. The van der Waals surface area contributed by atoms with Gasteiger partial charge in [-0.1, -0.05) is 30.3 Å². The Labute approximate surface area is 188 Å². The van der Waals surface area contributed by atoms with E-state index < -0.39 is 0 Å². The molecule has 4 rings (SSSR count). The van der Waals surface area contributed by atoms with Crippen LogP contribution in [0.5, 0.6) is 5.75 Å². The molecule has 0 aliphatic carbocycles. The van der Waals surface area contributed by atoms with Crippen LogP contribution in [0.15, 0.2) is 60.8 Å². The third-order valence-corrected chi connectivity index (χ3v) is 5.35. The maximum absolute atomic E-state index is 9.38. The molecule has 0 saturated carbocycles. The quantitative estimate of drug-likeness (QED) is 0.593. The van der Waals surface area contributed by atoms with Crippen molar-refractivity contribution in [1.82, 2.24) is 20.2 Å². The van der Waals surface area contributed by atoms with E-state index in [4.69, 9.17) is 14.6 Å². The topological polar surface area (TPSA) is 95.4 Å². The minimum atomic E-state index is 0.250. The second kappa shape index (κ2) is 12.5. The second-order valence-electron chi connectivity index (χ2n) is 7.69. The summed E-state index contributed by atoms with van der Waals surface area (Å²) in [6.45, 7) is 5.32. The van der Waals surface area contributed by atoms with E-state index in [9.17, 15) is 5.11 Å². The molecule has 7 nitrogen and oxygen atoms in total. The predicted molar refractivity (Wildman–Crippen MR) is 121 cm³/mol. The van der Waals surface area contributed by atoms with Gasteiger partial charge in [-0.2, -0.15) is 9.59 Å². The fourth-order valence-corrected chi connectivity index (χ4v) is 3.75. The van der Waals surface area contributed by atoms with Crippen LogP contribution in [0.3, 0.4) is 0 Å². The highest BCUT2D eigenvalue weighted by molar-refractivity contribution is 5.59. The average Bonchev–Trinajstić information content (AvgIpc) is 2.82. The Morgan fingerprint density at radius 2 is 1.72 bits per heavy atom. The lowest BCUT2D eigenvalue weighted by Gasteiger charge is -2.27. The Morgan fingerprint density at radius 3 is 2.47 bits per heavy atom. The Kier molecular flexibility index (Phi) is 9.07. The largest absolute Gasteiger partial charge is 0.508 e. The summed E-state index contributed by atoms with van der Waals surface area (Å²) in [7, 11) is 0. The van der Waals surface area contributed by atoms with Gasteiger partial charge in [-0.15, -0.1) is 0 Å². The van der Waals surface area contributed by atoms with Gasteiger partial charge in [0, 0.05) is 50.9 Å². The van der Waals surface area contributed by atoms with Crippen molar-refractivity contribution in [2.75, 3.05) is 26.2 Å². The van der Waals surface area contributed by atoms with Gasteiger partial charge in [0.2, 0.25) is 0 Å². The van der Waals surface area contributed by atoms with Crippen LogP contribution in [0.2, 0.25) is 0 Å². The lowest BCUT2D eigenvalue weighted by molar-refractivity contribution is -0.191. The molecular weight excluding hydrogens is 404 g/mol. The van der Waals surface area contributed by atoms with Crippen LogP contribution in [0.4, 0.5) is 0 Å². The third kappa shape index (κ3) is 7.39. The fourth-order valence-electron chi connectivity index (χ4n) is 3.75. The molecule has 0 atom stereocenters. The van der Waals surface area contributed by atoms with Crippen molar-refractivity contribution >= 4 is 6.15 Å². The van der Waals surface area contributed by atoms with E-state index >= 15 is 0 Å². The van der Waals surface area contributed by atoms with Crippen LogP contribution in [-0.2, 0) is 29.0 Å². The predicted octanol–water partition coefficient (Wildman–Crippen LogP) is 2.85. The highest BCUT2D eigenvalue weighted by Gasteiger charge is 2.11. The minimum absolute atomic E-state index is 0.250. The number of nitrogens with zero attached hydrogens (tertiary/aromatic N) is 3. The number of hydrogen-bond donors (Lipinski definition) is 2. The van der Waals surface area contributed by atoms with Gasteiger partial charge >= 0.3 is 6.15 Å². The molecule has 0 amide bonds. The van der Waals surface area contributed by atoms with Crippen LogP contribution < -0.4 is 5.32 Å². The second-order valence-corrected chi connectivity index (χ2v) is 7.69. The molecule has 0 radical (unpaired) electrons. The number of nitrogens with one attached hydrogen (secondary N) is 1. The van der Waals surface area contributed by atoms with E-state index in [1.54, 1.807) is 12.1 Å². The Morgan fingerprint density at radius 1 is 0.969 bits per heavy atom. The zero-order valence-corrected chi connectivity index (χ0v) is 18.0. The zero-order valence-electron chi connectivity index (χ0n) is 18.0. The van der Waals surface area contributed by atoms with Crippen LogP contribution >= 0.6 is 0 Å². The van der Waals surface area contributed by atoms with Crippen LogP contribution in [0.1, 0.15) is 23.4 Å². The summed E-state index contributed by atoms with van der Waals surface area (Å²) < 4.78 is 0. The van der Waals surface area contributed by atoms with Gasteiger partial charge in [-0.05, 0) is 48.2 Å².